The van der Waals surface area contributed by atoms with Gasteiger partial charge in [-0.3, -0.25) is 14.6 Å². The summed E-state index contributed by atoms with van der Waals surface area (Å²) < 4.78 is 0. The molecule has 0 atom stereocenters. The fraction of sp³-hybridized carbons (Fsp3) is 0.0400. The molecule has 0 saturated carbocycles. The third kappa shape index (κ3) is 4.22. The van der Waals surface area contributed by atoms with E-state index < -0.39 is 11.8 Å². The predicted octanol–water partition coefficient (Wildman–Crippen LogP) is 4.25. The van der Waals surface area contributed by atoms with Gasteiger partial charge >= 0.3 is 0 Å². The minimum Gasteiger partial charge on any atom is -0.366 e. The van der Waals surface area contributed by atoms with Crippen LogP contribution in [-0.2, 0) is 6.42 Å². The van der Waals surface area contributed by atoms with E-state index in [0.717, 1.165) is 5.56 Å². The van der Waals surface area contributed by atoms with E-state index in [1.807, 2.05) is 54.6 Å². The van der Waals surface area contributed by atoms with Gasteiger partial charge in [0.05, 0.1) is 11.3 Å². The van der Waals surface area contributed by atoms with Crippen molar-refractivity contribution in [1.29, 1.82) is 0 Å². The molecule has 0 bridgehead atoms. The molecule has 2 aromatic carbocycles. The fourth-order valence-corrected chi connectivity index (χ4v) is 3.86. The second kappa shape index (κ2) is 8.99. The van der Waals surface area contributed by atoms with Gasteiger partial charge in [0.15, 0.2) is 0 Å². The van der Waals surface area contributed by atoms with E-state index in [-0.39, 0.29) is 11.3 Å². The third-order valence-corrected chi connectivity index (χ3v) is 5.43. The van der Waals surface area contributed by atoms with Gasteiger partial charge in [-0.05, 0) is 47.4 Å². The molecule has 7 heteroatoms. The van der Waals surface area contributed by atoms with Gasteiger partial charge in [0.2, 0.25) is 0 Å². The van der Waals surface area contributed by atoms with E-state index in [1.54, 1.807) is 18.3 Å². The molecule has 0 radical (unpaired) electrons. The first-order chi connectivity index (χ1) is 15.5. The second-order valence-corrected chi connectivity index (χ2v) is 7.58. The Kier molecular flexibility index (Phi) is 5.96. The number of hydrogen-bond acceptors (Lipinski definition) is 4. The molecule has 0 fully saturated rings. The monoisotopic (exact) mass is 442 g/mol. The summed E-state index contributed by atoms with van der Waals surface area (Å²) in [6.45, 7) is 0. The van der Waals surface area contributed by atoms with Gasteiger partial charge in [-0.25, -0.2) is 4.98 Å². The van der Waals surface area contributed by atoms with Gasteiger partial charge in [-0.1, -0.05) is 54.1 Å². The van der Waals surface area contributed by atoms with Crippen molar-refractivity contribution in [3.8, 4) is 22.4 Å². The molecular weight excluding hydrogens is 424 g/mol. The van der Waals surface area contributed by atoms with E-state index in [1.165, 1.54) is 6.20 Å². The van der Waals surface area contributed by atoms with E-state index in [2.05, 4.69) is 9.97 Å². The quantitative estimate of drug-likeness (QED) is 0.464. The van der Waals surface area contributed by atoms with Gasteiger partial charge in [-0.2, -0.15) is 0 Å². The topological polar surface area (TPSA) is 112 Å². The van der Waals surface area contributed by atoms with Crippen LogP contribution in [-0.4, -0.2) is 21.8 Å². The maximum Gasteiger partial charge on any atom is 0.267 e. The average Bonchev–Trinajstić information content (AvgIpc) is 2.80. The van der Waals surface area contributed by atoms with Gasteiger partial charge in [0, 0.05) is 28.5 Å². The standard InChI is InChI=1S/C25H19ClN4O2/c26-20-10-9-16(13-18(20)21-8-4-5-11-29-21)22-17(12-15-6-2-1-3-7-15)19(24(27)31)14-30-23(22)25(28)32/h1-11,13-14H,12H2,(H2,27,31)(H2,28,32). The molecule has 6 nitrogen and oxygen atoms in total. The SMILES string of the molecule is NC(=O)c1cnc(C(N)=O)c(-c2ccc(Cl)c(-c3ccccn3)c2)c1Cc1ccccc1. The number of carbonyl (C=O) groups is 2. The summed E-state index contributed by atoms with van der Waals surface area (Å²) in [6.07, 6.45) is 3.34. The van der Waals surface area contributed by atoms with E-state index in [9.17, 15) is 9.59 Å². The Morgan fingerprint density at radius 3 is 2.28 bits per heavy atom. The molecule has 32 heavy (non-hydrogen) atoms. The van der Waals surface area contributed by atoms with Crippen LogP contribution < -0.4 is 11.5 Å². The summed E-state index contributed by atoms with van der Waals surface area (Å²) >= 11 is 6.45. The van der Waals surface area contributed by atoms with Crippen molar-refractivity contribution in [2.75, 3.05) is 0 Å². The van der Waals surface area contributed by atoms with Crippen LogP contribution in [0.3, 0.4) is 0 Å². The largest absolute Gasteiger partial charge is 0.366 e. The number of rotatable bonds is 6. The Morgan fingerprint density at radius 2 is 1.62 bits per heavy atom. The molecule has 2 heterocycles. The zero-order chi connectivity index (χ0) is 22.7. The molecule has 0 aliphatic heterocycles. The number of aromatic nitrogens is 2. The lowest BCUT2D eigenvalue weighted by Crippen LogP contribution is -2.21. The van der Waals surface area contributed by atoms with Gasteiger partial charge in [0.1, 0.15) is 5.69 Å². The summed E-state index contributed by atoms with van der Waals surface area (Å²) in [7, 11) is 0. The number of nitrogens with two attached hydrogens (primary N) is 2. The highest BCUT2D eigenvalue weighted by Crippen LogP contribution is 2.36. The molecule has 0 saturated heterocycles. The predicted molar refractivity (Wildman–Crippen MR) is 124 cm³/mol. The molecule has 158 valence electrons. The zero-order valence-corrected chi connectivity index (χ0v) is 17.7. The maximum absolute atomic E-state index is 12.3. The van der Waals surface area contributed by atoms with Crippen molar-refractivity contribution in [3.63, 3.8) is 0 Å². The fourth-order valence-electron chi connectivity index (χ4n) is 3.64. The van der Waals surface area contributed by atoms with E-state index in [4.69, 9.17) is 23.1 Å². The van der Waals surface area contributed by atoms with Crippen LogP contribution in [0.15, 0.2) is 79.1 Å². The normalized spacial score (nSPS) is 10.7. The number of hydrogen-bond donors (Lipinski definition) is 2. The number of pyridine rings is 2. The van der Waals surface area contributed by atoms with Crippen LogP contribution in [0.2, 0.25) is 5.02 Å². The number of carbonyl (C=O) groups excluding carboxylic acids is 2. The summed E-state index contributed by atoms with van der Waals surface area (Å²) in [4.78, 5) is 33.1. The van der Waals surface area contributed by atoms with Crippen LogP contribution in [0.4, 0.5) is 0 Å². The first-order valence-corrected chi connectivity index (χ1v) is 10.2. The number of benzene rings is 2. The highest BCUT2D eigenvalue weighted by Gasteiger charge is 2.23. The summed E-state index contributed by atoms with van der Waals surface area (Å²) in [5, 5.41) is 0.497. The van der Waals surface area contributed by atoms with Gasteiger partial charge < -0.3 is 11.5 Å². The van der Waals surface area contributed by atoms with Crippen molar-refractivity contribution < 1.29 is 9.59 Å². The number of amides is 2. The van der Waals surface area contributed by atoms with Crippen molar-refractivity contribution in [3.05, 3.63) is 107 Å². The third-order valence-electron chi connectivity index (χ3n) is 5.10. The molecule has 0 aliphatic carbocycles. The lowest BCUT2D eigenvalue weighted by Gasteiger charge is -2.17. The molecule has 4 rings (SSSR count). The lowest BCUT2D eigenvalue weighted by molar-refractivity contribution is 0.0984. The summed E-state index contributed by atoms with van der Waals surface area (Å²) in [5.41, 5.74) is 15.5. The number of nitrogens with zero attached hydrogens (tertiary/aromatic N) is 2. The first kappa shape index (κ1) is 21.2. The van der Waals surface area contributed by atoms with E-state index in [0.29, 0.717) is 39.4 Å². The molecule has 4 aromatic rings. The highest BCUT2D eigenvalue weighted by atomic mass is 35.5. The second-order valence-electron chi connectivity index (χ2n) is 7.17. The minimum absolute atomic E-state index is 0.0511. The Morgan fingerprint density at radius 1 is 0.875 bits per heavy atom. The Labute approximate surface area is 189 Å². The van der Waals surface area contributed by atoms with Crippen LogP contribution in [0, 0.1) is 0 Å². The van der Waals surface area contributed by atoms with Crippen molar-refractivity contribution in [1.82, 2.24) is 9.97 Å². The molecule has 0 spiro atoms. The molecule has 2 amide bonds. The summed E-state index contributed by atoms with van der Waals surface area (Å²) in [5.74, 6) is -1.35. The Balaban J connectivity index is 2.00. The number of halogens is 1. The zero-order valence-electron chi connectivity index (χ0n) is 17.0. The maximum atomic E-state index is 12.3. The first-order valence-electron chi connectivity index (χ1n) is 9.82. The molecule has 0 unspecified atom stereocenters. The van der Waals surface area contributed by atoms with E-state index >= 15 is 0 Å². The minimum atomic E-state index is -0.709. The Hall–Kier alpha value is -4.03. The van der Waals surface area contributed by atoms with Crippen LogP contribution in [0.1, 0.15) is 32.0 Å². The van der Waals surface area contributed by atoms with Gasteiger partial charge in [0.25, 0.3) is 11.8 Å². The molecule has 4 N–H and O–H groups in total. The van der Waals surface area contributed by atoms with Crippen LogP contribution in [0.25, 0.3) is 22.4 Å². The summed E-state index contributed by atoms with van der Waals surface area (Å²) in [6, 6.07) is 20.4. The van der Waals surface area contributed by atoms with Crippen LogP contribution in [0.5, 0.6) is 0 Å². The Bertz CT molecular complexity index is 1310. The molecule has 0 aliphatic rings. The number of primary amides is 2. The molecule has 2 aromatic heterocycles. The van der Waals surface area contributed by atoms with Crippen LogP contribution >= 0.6 is 11.6 Å². The smallest absolute Gasteiger partial charge is 0.267 e. The van der Waals surface area contributed by atoms with Crippen molar-refractivity contribution in [2.45, 2.75) is 6.42 Å². The molecular formula is C25H19ClN4O2. The van der Waals surface area contributed by atoms with Crippen molar-refractivity contribution in [2.24, 2.45) is 11.5 Å². The van der Waals surface area contributed by atoms with Gasteiger partial charge in [-0.15, -0.1) is 0 Å². The van der Waals surface area contributed by atoms with Crippen molar-refractivity contribution >= 4 is 23.4 Å². The average molecular weight is 443 g/mol. The lowest BCUT2D eigenvalue weighted by atomic mass is 9.89. The highest BCUT2D eigenvalue weighted by molar-refractivity contribution is 6.33.